The molecule has 0 aliphatic rings. The number of hydrazone groups is 1. The number of anilines is 1. The highest BCUT2D eigenvalue weighted by atomic mass is 35.5. The van der Waals surface area contributed by atoms with Crippen LogP contribution in [0.5, 0.6) is 0 Å². The van der Waals surface area contributed by atoms with Crippen molar-refractivity contribution in [1.82, 2.24) is 9.97 Å². The quantitative estimate of drug-likeness (QED) is 0.311. The Morgan fingerprint density at radius 2 is 2.00 bits per heavy atom. The highest BCUT2D eigenvalue weighted by molar-refractivity contribution is 7.22. The third-order valence-electron chi connectivity index (χ3n) is 3.69. The van der Waals surface area contributed by atoms with Crippen LogP contribution in [0.4, 0.5) is 5.13 Å². The molecule has 24 heavy (non-hydrogen) atoms. The third kappa shape index (κ3) is 2.84. The van der Waals surface area contributed by atoms with E-state index in [9.17, 15) is 0 Å². The van der Waals surface area contributed by atoms with E-state index < -0.39 is 0 Å². The van der Waals surface area contributed by atoms with E-state index in [-0.39, 0.29) is 0 Å². The monoisotopic (exact) mass is 352 g/mol. The molecule has 118 valence electrons. The summed E-state index contributed by atoms with van der Waals surface area (Å²) >= 11 is 7.83. The van der Waals surface area contributed by atoms with Crippen molar-refractivity contribution in [3.63, 3.8) is 0 Å². The fraction of sp³-hybridized carbons (Fsp3) is 0.0556. The molecule has 0 amide bonds. The zero-order valence-electron chi connectivity index (χ0n) is 12.8. The minimum atomic E-state index is 0.437. The highest BCUT2D eigenvalue weighted by Crippen LogP contribution is 2.25. The summed E-state index contributed by atoms with van der Waals surface area (Å²) in [5, 5.41) is 6.47. The Morgan fingerprint density at radius 1 is 1.12 bits per heavy atom. The molecule has 4 aromatic rings. The van der Waals surface area contributed by atoms with Crippen LogP contribution in [0.25, 0.3) is 21.1 Å². The number of nitrogens with one attached hydrogen (secondary N) is 1. The molecule has 0 spiro atoms. The zero-order chi connectivity index (χ0) is 16.5. The van der Waals surface area contributed by atoms with Gasteiger partial charge in [-0.25, -0.2) is 9.97 Å². The lowest BCUT2D eigenvalue weighted by atomic mass is 10.1. The maximum atomic E-state index is 6.28. The number of aromatic nitrogens is 2. The largest absolute Gasteiger partial charge is 0.253 e. The van der Waals surface area contributed by atoms with Gasteiger partial charge in [0.05, 0.1) is 21.9 Å². The van der Waals surface area contributed by atoms with Crippen LogP contribution in [0.3, 0.4) is 0 Å². The maximum absolute atomic E-state index is 6.28. The predicted molar refractivity (Wildman–Crippen MR) is 102 cm³/mol. The highest BCUT2D eigenvalue weighted by Gasteiger charge is 2.05. The van der Waals surface area contributed by atoms with Gasteiger partial charge in [0.25, 0.3) is 0 Å². The van der Waals surface area contributed by atoms with Crippen LogP contribution in [0.1, 0.15) is 11.1 Å². The Labute approximate surface area is 147 Å². The zero-order valence-corrected chi connectivity index (χ0v) is 14.4. The number of hydrogen-bond acceptors (Lipinski definition) is 5. The first-order chi connectivity index (χ1) is 11.7. The van der Waals surface area contributed by atoms with E-state index in [0.29, 0.717) is 5.15 Å². The number of fused-ring (bicyclic) bond motifs is 2. The molecule has 2 aromatic heterocycles. The smallest absolute Gasteiger partial charge is 0.204 e. The molecule has 4 nitrogen and oxygen atoms in total. The van der Waals surface area contributed by atoms with Crippen LogP contribution in [-0.4, -0.2) is 16.2 Å². The molecule has 4 rings (SSSR count). The lowest BCUT2D eigenvalue weighted by Gasteiger charge is -2.04. The molecular weight excluding hydrogens is 340 g/mol. The van der Waals surface area contributed by atoms with Crippen molar-refractivity contribution in [2.45, 2.75) is 6.92 Å². The van der Waals surface area contributed by atoms with Gasteiger partial charge >= 0.3 is 0 Å². The van der Waals surface area contributed by atoms with Crippen LogP contribution in [0.2, 0.25) is 5.15 Å². The predicted octanol–water partition coefficient (Wildman–Crippen LogP) is 5.25. The van der Waals surface area contributed by atoms with Crippen molar-refractivity contribution in [2.24, 2.45) is 5.10 Å². The Balaban J connectivity index is 1.61. The molecular formula is C18H13ClN4S. The average Bonchev–Trinajstić information content (AvgIpc) is 2.99. The topological polar surface area (TPSA) is 50.2 Å². The average molecular weight is 353 g/mol. The van der Waals surface area contributed by atoms with Crippen molar-refractivity contribution < 1.29 is 0 Å². The summed E-state index contributed by atoms with van der Waals surface area (Å²) in [5.74, 6) is 0. The molecule has 0 aliphatic heterocycles. The van der Waals surface area contributed by atoms with Gasteiger partial charge in [0.15, 0.2) is 0 Å². The van der Waals surface area contributed by atoms with Crippen LogP contribution >= 0.6 is 22.9 Å². The van der Waals surface area contributed by atoms with E-state index in [1.807, 2.05) is 55.5 Å². The number of hydrogen-bond donors (Lipinski definition) is 1. The summed E-state index contributed by atoms with van der Waals surface area (Å²) in [7, 11) is 0. The second kappa shape index (κ2) is 6.19. The molecule has 0 saturated heterocycles. The van der Waals surface area contributed by atoms with Gasteiger partial charge in [-0.1, -0.05) is 53.3 Å². The molecule has 0 saturated carbocycles. The number of pyridine rings is 1. The lowest BCUT2D eigenvalue weighted by Crippen LogP contribution is -1.94. The minimum absolute atomic E-state index is 0.437. The molecule has 0 radical (unpaired) electrons. The Hall–Kier alpha value is -2.50. The second-order valence-corrected chi connectivity index (χ2v) is 6.76. The van der Waals surface area contributed by atoms with E-state index in [0.717, 1.165) is 37.4 Å². The third-order valence-corrected chi connectivity index (χ3v) is 4.93. The number of rotatable bonds is 3. The van der Waals surface area contributed by atoms with Gasteiger partial charge in [0.1, 0.15) is 5.15 Å². The fourth-order valence-corrected chi connectivity index (χ4v) is 3.51. The number of para-hydroxylation sites is 2. The van der Waals surface area contributed by atoms with Crippen molar-refractivity contribution in [2.75, 3.05) is 5.43 Å². The first-order valence-corrected chi connectivity index (χ1v) is 8.61. The number of thiazole rings is 1. The van der Waals surface area contributed by atoms with Crippen LogP contribution in [0.15, 0.2) is 53.6 Å². The van der Waals surface area contributed by atoms with Crippen molar-refractivity contribution in [3.8, 4) is 0 Å². The van der Waals surface area contributed by atoms with E-state index in [4.69, 9.17) is 11.6 Å². The first kappa shape index (κ1) is 15.1. The van der Waals surface area contributed by atoms with E-state index in [1.54, 1.807) is 17.6 Å². The molecule has 0 fully saturated rings. The van der Waals surface area contributed by atoms with Crippen LogP contribution in [-0.2, 0) is 0 Å². The SMILES string of the molecule is Cc1cccc2cc(/C=N\Nc3nc4ccccc4s3)c(Cl)nc12. The van der Waals surface area contributed by atoms with E-state index in [1.165, 1.54) is 0 Å². The van der Waals surface area contributed by atoms with Crippen molar-refractivity contribution in [3.05, 3.63) is 64.8 Å². The standard InChI is InChI=1S/C18H13ClN4S/c1-11-5-4-6-12-9-13(17(19)22-16(11)12)10-20-23-18-21-14-7-2-3-8-15(14)24-18/h2-10H,1H3,(H,21,23)/b20-10-. The van der Waals surface area contributed by atoms with Gasteiger partial charge in [0.2, 0.25) is 5.13 Å². The molecule has 0 aliphatic carbocycles. The normalized spacial score (nSPS) is 11.6. The number of nitrogens with zero attached hydrogens (tertiary/aromatic N) is 3. The number of benzene rings is 2. The van der Waals surface area contributed by atoms with E-state index >= 15 is 0 Å². The van der Waals surface area contributed by atoms with Crippen LogP contribution < -0.4 is 5.43 Å². The van der Waals surface area contributed by atoms with Gasteiger partial charge < -0.3 is 0 Å². The van der Waals surface area contributed by atoms with Crippen LogP contribution in [0, 0.1) is 6.92 Å². The Bertz CT molecular complexity index is 1040. The van der Waals surface area contributed by atoms with Crippen molar-refractivity contribution in [1.29, 1.82) is 0 Å². The molecule has 1 N–H and O–H groups in total. The first-order valence-electron chi connectivity index (χ1n) is 7.41. The minimum Gasteiger partial charge on any atom is -0.253 e. The molecule has 2 aromatic carbocycles. The van der Waals surface area contributed by atoms with Gasteiger partial charge in [-0.15, -0.1) is 0 Å². The van der Waals surface area contributed by atoms with Crippen molar-refractivity contribution >= 4 is 55.4 Å². The molecule has 6 heteroatoms. The van der Waals surface area contributed by atoms with Gasteiger partial charge in [-0.3, -0.25) is 5.43 Å². The number of halogens is 1. The molecule has 0 unspecified atom stereocenters. The van der Waals surface area contributed by atoms with Gasteiger partial charge in [-0.05, 0) is 30.7 Å². The Morgan fingerprint density at radius 3 is 2.88 bits per heavy atom. The lowest BCUT2D eigenvalue weighted by molar-refractivity contribution is 1.30. The molecule has 2 heterocycles. The summed E-state index contributed by atoms with van der Waals surface area (Å²) in [6.07, 6.45) is 1.67. The van der Waals surface area contributed by atoms with Gasteiger partial charge in [0, 0.05) is 10.9 Å². The summed E-state index contributed by atoms with van der Waals surface area (Å²) in [4.78, 5) is 8.94. The molecule has 0 atom stereocenters. The van der Waals surface area contributed by atoms with E-state index in [2.05, 4.69) is 20.5 Å². The second-order valence-electron chi connectivity index (χ2n) is 5.37. The fourth-order valence-electron chi connectivity index (χ4n) is 2.51. The summed E-state index contributed by atoms with van der Waals surface area (Å²) in [5.41, 5.74) is 6.70. The maximum Gasteiger partial charge on any atom is 0.204 e. The number of aryl methyl sites for hydroxylation is 1. The van der Waals surface area contributed by atoms with Gasteiger partial charge in [-0.2, -0.15) is 5.10 Å². The summed E-state index contributed by atoms with van der Waals surface area (Å²) < 4.78 is 1.12. The molecule has 0 bridgehead atoms. The summed E-state index contributed by atoms with van der Waals surface area (Å²) in [6, 6.07) is 16.0. The Kier molecular flexibility index (Phi) is 3.88. The summed E-state index contributed by atoms with van der Waals surface area (Å²) in [6.45, 7) is 2.02.